The number of ether oxygens (including phenoxy) is 2. The van der Waals surface area contributed by atoms with E-state index in [0.717, 1.165) is 22.2 Å². The number of benzene rings is 2. The van der Waals surface area contributed by atoms with Crippen LogP contribution in [0.25, 0.3) is 10.9 Å². The minimum absolute atomic E-state index is 0.0306. The Labute approximate surface area is 210 Å². The molecule has 0 atom stereocenters. The van der Waals surface area contributed by atoms with Crippen LogP contribution >= 0.6 is 0 Å². The molecule has 2 heterocycles. The smallest absolute Gasteiger partial charge is 0.330 e. The number of pyridine rings is 1. The fourth-order valence-corrected chi connectivity index (χ4v) is 5.60. The average molecular weight is 512 g/mol. The summed E-state index contributed by atoms with van der Waals surface area (Å²) in [6.45, 7) is 5.52. The van der Waals surface area contributed by atoms with Crippen molar-refractivity contribution in [2.24, 2.45) is 5.92 Å². The van der Waals surface area contributed by atoms with Gasteiger partial charge in [-0.25, -0.2) is 13.2 Å². The molecule has 1 aromatic heterocycles. The number of hydrogen-bond acceptors (Lipinski definition) is 7. The van der Waals surface area contributed by atoms with Gasteiger partial charge in [-0.1, -0.05) is 32.0 Å². The molecule has 190 valence electrons. The number of methoxy groups -OCH3 is 1. The predicted molar refractivity (Wildman–Crippen MR) is 134 cm³/mol. The lowest BCUT2D eigenvalue weighted by molar-refractivity contribution is -0.161. The lowest BCUT2D eigenvalue weighted by atomic mass is 9.90. The fourth-order valence-electron chi connectivity index (χ4n) is 4.26. The molecule has 1 aliphatic heterocycles. The van der Waals surface area contributed by atoms with Crippen LogP contribution in [-0.4, -0.2) is 55.9 Å². The topological polar surface area (TPSA) is 115 Å². The van der Waals surface area contributed by atoms with Crippen LogP contribution in [0.5, 0.6) is 5.75 Å². The monoisotopic (exact) mass is 511 g/mol. The molecule has 0 spiro atoms. The summed E-state index contributed by atoms with van der Waals surface area (Å²) in [6.07, 6.45) is 0. The predicted octanol–water partition coefficient (Wildman–Crippen LogP) is 2.81. The van der Waals surface area contributed by atoms with Crippen LogP contribution in [0.1, 0.15) is 25.1 Å². The number of nitrogens with one attached hydrogen (secondary N) is 1. The molecule has 10 heteroatoms. The maximum atomic E-state index is 13.1. The van der Waals surface area contributed by atoms with Crippen molar-refractivity contribution in [3.63, 3.8) is 0 Å². The van der Waals surface area contributed by atoms with Crippen molar-refractivity contribution in [1.29, 1.82) is 0 Å². The molecule has 1 saturated heterocycles. The molecule has 1 amide bonds. The van der Waals surface area contributed by atoms with Crippen LogP contribution in [0.4, 0.5) is 0 Å². The van der Waals surface area contributed by atoms with Gasteiger partial charge in [-0.2, -0.15) is 4.72 Å². The first-order chi connectivity index (χ1) is 17.0. The molecule has 1 N–H and O–H groups in total. The van der Waals surface area contributed by atoms with E-state index in [9.17, 15) is 18.0 Å². The highest BCUT2D eigenvalue weighted by Gasteiger charge is 2.54. The normalized spacial score (nSPS) is 15.0. The Morgan fingerprint density at radius 1 is 1.11 bits per heavy atom. The Bertz CT molecular complexity index is 1400. The van der Waals surface area contributed by atoms with Crippen LogP contribution in [0, 0.1) is 12.8 Å². The Morgan fingerprint density at radius 2 is 1.78 bits per heavy atom. The van der Waals surface area contributed by atoms with Crippen LogP contribution in [-0.2, 0) is 31.0 Å². The second-order valence-electron chi connectivity index (χ2n) is 9.23. The highest BCUT2D eigenvalue weighted by molar-refractivity contribution is 7.89. The highest BCUT2D eigenvalue weighted by atomic mass is 32.2. The third kappa shape index (κ3) is 5.05. The Hall–Kier alpha value is -3.50. The molecule has 1 aliphatic rings. The zero-order chi connectivity index (χ0) is 26.1. The van der Waals surface area contributed by atoms with E-state index in [4.69, 9.17) is 9.47 Å². The summed E-state index contributed by atoms with van der Waals surface area (Å²) in [4.78, 5) is 30.6. The largest absolute Gasteiger partial charge is 0.489 e. The van der Waals surface area contributed by atoms with E-state index in [2.05, 4.69) is 9.71 Å². The zero-order valence-electron chi connectivity index (χ0n) is 20.6. The first kappa shape index (κ1) is 25.6. The van der Waals surface area contributed by atoms with E-state index in [1.165, 1.54) is 24.1 Å². The number of aryl methyl sites for hydroxylation is 1. The third-order valence-electron chi connectivity index (χ3n) is 6.09. The van der Waals surface area contributed by atoms with E-state index < -0.39 is 21.5 Å². The molecule has 0 bridgehead atoms. The third-order valence-corrected chi connectivity index (χ3v) is 7.64. The van der Waals surface area contributed by atoms with Gasteiger partial charge < -0.3 is 14.4 Å². The van der Waals surface area contributed by atoms with Crippen LogP contribution < -0.4 is 9.46 Å². The van der Waals surface area contributed by atoms with Gasteiger partial charge in [0.05, 0.1) is 30.6 Å². The van der Waals surface area contributed by atoms with Crippen molar-refractivity contribution in [2.45, 2.75) is 37.8 Å². The van der Waals surface area contributed by atoms with Gasteiger partial charge >= 0.3 is 5.97 Å². The van der Waals surface area contributed by atoms with Crippen molar-refractivity contribution in [3.05, 3.63) is 65.9 Å². The molecule has 2 aromatic carbocycles. The van der Waals surface area contributed by atoms with Gasteiger partial charge in [-0.3, -0.25) is 9.78 Å². The molecule has 4 rings (SSSR count). The molecular weight excluding hydrogens is 482 g/mol. The summed E-state index contributed by atoms with van der Waals surface area (Å²) < 4.78 is 39.4. The number of carbonyl (C=O) groups is 2. The number of nitrogens with zero attached hydrogens (tertiary/aromatic N) is 2. The van der Waals surface area contributed by atoms with Crippen molar-refractivity contribution in [3.8, 4) is 5.75 Å². The second kappa shape index (κ2) is 9.87. The molecule has 36 heavy (non-hydrogen) atoms. The van der Waals surface area contributed by atoms with Gasteiger partial charge in [0.25, 0.3) is 0 Å². The zero-order valence-corrected chi connectivity index (χ0v) is 21.5. The second-order valence-corrected chi connectivity index (χ2v) is 10.9. The van der Waals surface area contributed by atoms with Crippen molar-refractivity contribution in [2.75, 3.05) is 20.2 Å². The Morgan fingerprint density at radius 3 is 2.42 bits per heavy atom. The standard InChI is InChI=1S/C26H29N3O6S/c1-17(2)24(30)29-15-26(16-29,25(31)34-4)28-36(32,33)21-11-9-20(10-12-21)35-14-19-13-18(3)27-23-8-6-5-7-22(19)23/h5-13,17,28H,14-16H2,1-4H3. The van der Waals surface area contributed by atoms with Crippen molar-refractivity contribution < 1.29 is 27.5 Å². The SMILES string of the molecule is COC(=O)C1(NS(=O)(=O)c2ccc(OCc3cc(C)nc4ccccc34)cc2)CN(C(=O)C(C)C)C1. The summed E-state index contributed by atoms with van der Waals surface area (Å²) in [6, 6.07) is 15.7. The molecule has 9 nitrogen and oxygen atoms in total. The molecule has 0 radical (unpaired) electrons. The summed E-state index contributed by atoms with van der Waals surface area (Å²) in [5, 5.41) is 0.991. The number of esters is 1. The quantitative estimate of drug-likeness (QED) is 0.463. The fraction of sp³-hybridized carbons (Fsp3) is 0.346. The lowest BCUT2D eigenvalue weighted by Gasteiger charge is -2.48. The molecule has 0 unspecified atom stereocenters. The molecule has 1 fully saturated rings. The van der Waals surface area contributed by atoms with Crippen LogP contribution in [0.3, 0.4) is 0 Å². The van der Waals surface area contributed by atoms with E-state index in [1.54, 1.807) is 26.0 Å². The van der Waals surface area contributed by atoms with E-state index in [-0.39, 0.29) is 29.8 Å². The minimum Gasteiger partial charge on any atom is -0.489 e. The molecule has 3 aromatic rings. The lowest BCUT2D eigenvalue weighted by Crippen LogP contribution is -2.75. The molecule has 0 aliphatic carbocycles. The van der Waals surface area contributed by atoms with Gasteiger partial charge in [-0.05, 0) is 43.3 Å². The number of likely N-dealkylation sites (tertiary alicyclic amines) is 1. The van der Waals surface area contributed by atoms with E-state index in [0.29, 0.717) is 12.4 Å². The number of sulfonamides is 1. The average Bonchev–Trinajstić information content (AvgIpc) is 2.83. The maximum Gasteiger partial charge on any atom is 0.330 e. The number of amides is 1. The van der Waals surface area contributed by atoms with E-state index >= 15 is 0 Å². The Kier molecular flexibility index (Phi) is 7.01. The van der Waals surface area contributed by atoms with E-state index in [1.807, 2.05) is 37.3 Å². The molecular formula is C26H29N3O6S. The summed E-state index contributed by atoms with van der Waals surface area (Å²) >= 11 is 0. The van der Waals surface area contributed by atoms with Gasteiger partial charge in [0.15, 0.2) is 5.54 Å². The number of para-hydroxylation sites is 1. The Balaban J connectivity index is 1.47. The van der Waals surface area contributed by atoms with Crippen molar-refractivity contribution >= 4 is 32.8 Å². The van der Waals surface area contributed by atoms with Gasteiger partial charge in [0.1, 0.15) is 12.4 Å². The van der Waals surface area contributed by atoms with Crippen LogP contribution in [0.15, 0.2) is 59.5 Å². The van der Waals surface area contributed by atoms with Crippen molar-refractivity contribution in [1.82, 2.24) is 14.6 Å². The number of aromatic nitrogens is 1. The van der Waals surface area contributed by atoms with Crippen LogP contribution in [0.2, 0.25) is 0 Å². The highest BCUT2D eigenvalue weighted by Crippen LogP contribution is 2.28. The first-order valence-corrected chi connectivity index (χ1v) is 13.0. The van der Waals surface area contributed by atoms with Gasteiger partial charge in [0, 0.05) is 22.6 Å². The minimum atomic E-state index is -4.07. The number of rotatable bonds is 8. The summed E-state index contributed by atoms with van der Waals surface area (Å²) in [7, 11) is -2.89. The molecule has 0 saturated carbocycles. The number of hydrogen-bond donors (Lipinski definition) is 1. The maximum absolute atomic E-state index is 13.1. The van der Waals surface area contributed by atoms with Gasteiger partial charge in [-0.15, -0.1) is 0 Å². The summed E-state index contributed by atoms with van der Waals surface area (Å²) in [5.41, 5.74) is 1.21. The van der Waals surface area contributed by atoms with Gasteiger partial charge in [0.2, 0.25) is 15.9 Å². The first-order valence-electron chi connectivity index (χ1n) is 11.5. The number of fused-ring (bicyclic) bond motifs is 1. The summed E-state index contributed by atoms with van der Waals surface area (Å²) in [5.74, 6) is -0.669. The number of carbonyl (C=O) groups excluding carboxylic acids is 2.